The van der Waals surface area contributed by atoms with Crippen LogP contribution < -0.4 is 5.73 Å². The van der Waals surface area contributed by atoms with Gasteiger partial charge in [0.25, 0.3) is 0 Å². The zero-order valence-electron chi connectivity index (χ0n) is 32.5. The number of aliphatic carboxylic acids is 1. The van der Waals surface area contributed by atoms with E-state index in [2.05, 4.69) is 73.5 Å². The number of fused-ring (bicyclic) bond motifs is 3. The predicted molar refractivity (Wildman–Crippen MR) is 191 cm³/mol. The average molecular weight is 697 g/mol. The number of carboxylic acids is 1. The Kier molecular flexibility index (Phi) is 9.29. The van der Waals surface area contributed by atoms with E-state index in [1.807, 2.05) is 6.92 Å². The van der Waals surface area contributed by atoms with Crippen molar-refractivity contribution in [1.29, 1.82) is 0 Å². The van der Waals surface area contributed by atoms with Gasteiger partial charge in [-0.2, -0.15) is 9.90 Å². The van der Waals surface area contributed by atoms with Gasteiger partial charge in [-0.3, -0.25) is 4.79 Å². The number of carboxylic acid groups (broad SMARTS) is 1. The van der Waals surface area contributed by atoms with Crippen LogP contribution >= 0.6 is 0 Å². The number of methoxy groups -OCH3 is 1. The van der Waals surface area contributed by atoms with Crippen molar-refractivity contribution in [2.75, 3.05) is 26.9 Å². The lowest BCUT2D eigenvalue weighted by atomic mass is 9.34. The average Bonchev–Trinajstić information content (AvgIpc) is 3.54. The molecule has 3 saturated carbocycles. The summed E-state index contributed by atoms with van der Waals surface area (Å²) in [5, 5.41) is 20.4. The minimum atomic E-state index is -0.650. The Morgan fingerprint density at radius 1 is 1.10 bits per heavy atom. The molecule has 280 valence electrons. The fourth-order valence-electron chi connectivity index (χ4n) is 12.2. The topological polar surface area (TPSA) is 139 Å². The molecule has 6 rings (SSSR count). The van der Waals surface area contributed by atoms with Gasteiger partial charge in [0.1, 0.15) is 0 Å². The first kappa shape index (κ1) is 37.5. The molecular weight excluding hydrogens is 632 g/mol. The van der Waals surface area contributed by atoms with E-state index in [0.717, 1.165) is 32.1 Å². The van der Waals surface area contributed by atoms with Crippen molar-refractivity contribution >= 4 is 11.9 Å². The van der Waals surface area contributed by atoms with Crippen molar-refractivity contribution in [3.63, 3.8) is 0 Å². The van der Waals surface area contributed by atoms with Gasteiger partial charge in [0.05, 0.1) is 51.2 Å². The van der Waals surface area contributed by atoms with Crippen LogP contribution in [0.15, 0.2) is 17.8 Å². The minimum absolute atomic E-state index is 0.172. The molecule has 12 atom stereocenters. The van der Waals surface area contributed by atoms with Crippen LogP contribution in [0.1, 0.15) is 124 Å². The fraction of sp³-hybridized carbons (Fsp3) is 0.850. The molecule has 2 heterocycles. The third-order valence-corrected chi connectivity index (χ3v) is 16.2. The van der Waals surface area contributed by atoms with Gasteiger partial charge in [-0.15, -0.1) is 5.10 Å². The van der Waals surface area contributed by atoms with Gasteiger partial charge in [-0.25, -0.2) is 4.79 Å². The maximum absolute atomic E-state index is 13.5. The summed E-state index contributed by atoms with van der Waals surface area (Å²) in [6.45, 7) is 23.8. The summed E-state index contributed by atoms with van der Waals surface area (Å²) in [6.07, 6.45) is 9.03. The van der Waals surface area contributed by atoms with Crippen LogP contribution in [0.4, 0.5) is 0 Å². The maximum Gasteiger partial charge on any atom is 0.360 e. The van der Waals surface area contributed by atoms with Crippen molar-refractivity contribution in [3.8, 4) is 0 Å². The molecule has 4 aliphatic carbocycles. The van der Waals surface area contributed by atoms with E-state index in [1.165, 1.54) is 18.9 Å². The summed E-state index contributed by atoms with van der Waals surface area (Å²) in [7, 11) is 1.35. The lowest BCUT2D eigenvalue weighted by Crippen LogP contribution is -2.69. The Labute approximate surface area is 299 Å². The van der Waals surface area contributed by atoms with Crippen molar-refractivity contribution in [2.24, 2.45) is 68.3 Å². The maximum atomic E-state index is 13.5. The molecule has 0 aromatic carbocycles. The Bertz CT molecular complexity index is 1520. The van der Waals surface area contributed by atoms with Crippen LogP contribution in [0.2, 0.25) is 0 Å². The number of allylic oxidation sites excluding steroid dienone is 1. The second-order valence-corrected chi connectivity index (χ2v) is 19.1. The van der Waals surface area contributed by atoms with E-state index in [-0.39, 0.29) is 57.3 Å². The number of rotatable bonds is 9. The normalized spacial score (nSPS) is 42.8. The molecule has 50 heavy (non-hydrogen) atoms. The van der Waals surface area contributed by atoms with E-state index >= 15 is 0 Å². The molecule has 3 N–H and O–H groups in total. The first-order valence-electron chi connectivity index (χ1n) is 19.2. The van der Waals surface area contributed by atoms with Gasteiger partial charge in [-0.1, -0.05) is 74.0 Å². The number of aromatic nitrogens is 3. The monoisotopic (exact) mass is 696 g/mol. The van der Waals surface area contributed by atoms with E-state index in [9.17, 15) is 14.7 Å². The Hall–Kier alpha value is -2.30. The number of carbonyl (C=O) groups excluding carboxylic acids is 1. The van der Waals surface area contributed by atoms with Crippen molar-refractivity contribution < 1.29 is 28.9 Å². The molecule has 1 aromatic heterocycles. The highest BCUT2D eigenvalue weighted by Gasteiger charge is 2.72. The molecule has 1 aromatic rings. The molecule has 1 unspecified atom stereocenters. The largest absolute Gasteiger partial charge is 0.481 e. The minimum Gasteiger partial charge on any atom is -0.481 e. The number of nitrogens with zero attached hydrogens (tertiary/aromatic N) is 3. The van der Waals surface area contributed by atoms with E-state index < -0.39 is 28.8 Å². The Morgan fingerprint density at radius 2 is 1.80 bits per heavy atom. The van der Waals surface area contributed by atoms with Gasteiger partial charge < -0.3 is 25.1 Å². The molecule has 0 amide bonds. The molecule has 4 fully saturated rings. The van der Waals surface area contributed by atoms with Crippen molar-refractivity contribution in [1.82, 2.24) is 15.0 Å². The van der Waals surface area contributed by atoms with Gasteiger partial charge in [0.2, 0.25) is 0 Å². The molecule has 1 aliphatic heterocycles. The summed E-state index contributed by atoms with van der Waals surface area (Å²) in [4.78, 5) is 27.7. The van der Waals surface area contributed by atoms with Crippen LogP contribution in [0.25, 0.3) is 0 Å². The summed E-state index contributed by atoms with van der Waals surface area (Å²) < 4.78 is 18.6. The molecule has 2 bridgehead atoms. The summed E-state index contributed by atoms with van der Waals surface area (Å²) in [6, 6.07) is -0.268. The summed E-state index contributed by atoms with van der Waals surface area (Å²) in [5.74, 6) is -0.177. The standard InChI is InChI=1S/C40H64N4O6/c1-23(2)25(5)35(6)16-17-37(8)26-12-13-30-36(7)20-49-22-40(30,27(26)14-15-38(37,9)31(35)33(45)46)18-29(32(36)50-21-39(10,41)24(3)4)44-42-19-28(43-44)34(47)48-11/h14,19,23-26,29-32H,12-13,15-18,20-22,41H2,1-11H3,(H,45,46)/t25-,26+,29-,30+,31-,32+,35-,36?,37-,38+,39+,40+/m1/s1. The van der Waals surface area contributed by atoms with E-state index in [0.29, 0.717) is 38.1 Å². The summed E-state index contributed by atoms with van der Waals surface area (Å²) in [5.41, 5.74) is 6.32. The lowest BCUT2D eigenvalue weighted by molar-refractivity contribution is -0.253. The van der Waals surface area contributed by atoms with Crippen LogP contribution in [-0.4, -0.2) is 70.6 Å². The second-order valence-electron chi connectivity index (χ2n) is 19.1. The first-order chi connectivity index (χ1) is 23.2. The molecular formula is C40H64N4O6. The number of nitrogens with two attached hydrogens (primary N) is 1. The Morgan fingerprint density at radius 3 is 2.42 bits per heavy atom. The highest BCUT2D eigenvalue weighted by molar-refractivity contribution is 5.86. The third-order valence-electron chi connectivity index (χ3n) is 16.2. The van der Waals surface area contributed by atoms with Crippen LogP contribution in [0.5, 0.6) is 0 Å². The highest BCUT2D eigenvalue weighted by Crippen LogP contribution is 2.75. The Balaban J connectivity index is 1.46. The molecule has 1 saturated heterocycles. The smallest absolute Gasteiger partial charge is 0.360 e. The number of ether oxygens (including phenoxy) is 3. The summed E-state index contributed by atoms with van der Waals surface area (Å²) >= 11 is 0. The van der Waals surface area contributed by atoms with Gasteiger partial charge in [0.15, 0.2) is 5.69 Å². The SMILES string of the molecule is COC(=O)c1cnn([C@@H]2C[C@@]34COCC(C)([C@H]2OC[C@](C)(N)C(C)C)[C@@H]3CC[C@H]2C4=CC[C@@]3(C)[C@H](C(=O)O)[C@@](C)([C@H](C)C(C)C)CC[C@]23C)n1. The van der Waals surface area contributed by atoms with Gasteiger partial charge in [-0.05, 0) is 91.3 Å². The third kappa shape index (κ3) is 5.19. The fourth-order valence-corrected chi connectivity index (χ4v) is 12.2. The van der Waals surface area contributed by atoms with Crippen molar-refractivity contribution in [2.45, 2.75) is 125 Å². The van der Waals surface area contributed by atoms with E-state index in [1.54, 1.807) is 4.80 Å². The van der Waals surface area contributed by atoms with Gasteiger partial charge in [0, 0.05) is 16.4 Å². The highest BCUT2D eigenvalue weighted by atomic mass is 16.5. The second kappa shape index (κ2) is 12.4. The van der Waals surface area contributed by atoms with Crippen LogP contribution in [0.3, 0.4) is 0 Å². The zero-order chi connectivity index (χ0) is 36.8. The lowest BCUT2D eigenvalue weighted by Gasteiger charge is -2.71. The molecule has 10 nitrogen and oxygen atoms in total. The number of esters is 1. The number of hydrogen-bond donors (Lipinski definition) is 2. The molecule has 0 spiro atoms. The molecule has 5 aliphatic rings. The predicted octanol–water partition coefficient (Wildman–Crippen LogP) is 6.95. The molecule has 10 heteroatoms. The quantitative estimate of drug-likeness (QED) is 0.207. The van der Waals surface area contributed by atoms with Crippen LogP contribution in [0, 0.1) is 62.6 Å². The molecule has 0 radical (unpaired) electrons. The van der Waals surface area contributed by atoms with Crippen molar-refractivity contribution in [3.05, 3.63) is 23.5 Å². The van der Waals surface area contributed by atoms with Crippen LogP contribution in [-0.2, 0) is 19.0 Å². The number of carbonyl (C=O) groups is 2. The van der Waals surface area contributed by atoms with Gasteiger partial charge >= 0.3 is 11.9 Å². The first-order valence-corrected chi connectivity index (χ1v) is 19.2. The van der Waals surface area contributed by atoms with E-state index in [4.69, 9.17) is 25.0 Å². The number of hydrogen-bond acceptors (Lipinski definition) is 8. The zero-order valence-corrected chi connectivity index (χ0v) is 32.5.